The van der Waals surface area contributed by atoms with Crippen LogP contribution in [0, 0.1) is 0 Å². The number of hydrogen-bond acceptors (Lipinski definition) is 4. The minimum Gasteiger partial charge on any atom is -0.495 e. The number of amides is 1. The van der Waals surface area contributed by atoms with Gasteiger partial charge in [-0.25, -0.2) is 4.79 Å². The molecule has 5 nitrogen and oxygen atoms in total. The molecule has 1 unspecified atom stereocenters. The lowest BCUT2D eigenvalue weighted by Gasteiger charge is -2.15. The van der Waals surface area contributed by atoms with E-state index in [2.05, 4.69) is 15.9 Å². The highest BCUT2D eigenvalue weighted by Gasteiger charge is 2.36. The molecule has 112 valence electrons. The molecule has 0 bridgehead atoms. The van der Waals surface area contributed by atoms with Gasteiger partial charge in [0.2, 0.25) is 0 Å². The molecule has 0 aliphatic heterocycles. The molecule has 1 atom stereocenters. The number of thiophene rings is 1. The molecule has 10 heteroatoms. The summed E-state index contributed by atoms with van der Waals surface area (Å²) in [6.07, 6.45) is -6.33. The second kappa shape index (κ2) is 6.44. The zero-order chi connectivity index (χ0) is 15.5. The van der Waals surface area contributed by atoms with Gasteiger partial charge in [0.1, 0.15) is 15.6 Å². The van der Waals surface area contributed by atoms with Crippen LogP contribution in [0.15, 0.2) is 9.85 Å². The third-order valence-corrected chi connectivity index (χ3v) is 3.92. The first-order valence-electron chi connectivity index (χ1n) is 5.07. The maximum absolute atomic E-state index is 12.2. The van der Waals surface area contributed by atoms with Crippen LogP contribution < -0.4 is 10.1 Å². The monoisotopic (exact) mass is 375 g/mol. The number of ether oxygens (including phenoxy) is 1. The van der Waals surface area contributed by atoms with Gasteiger partial charge in [0.25, 0.3) is 5.91 Å². The van der Waals surface area contributed by atoms with E-state index in [1.807, 2.05) is 5.32 Å². The van der Waals surface area contributed by atoms with Crippen LogP contribution in [0.1, 0.15) is 16.1 Å². The average Bonchev–Trinajstić information content (AvgIpc) is 2.67. The second-order valence-corrected chi connectivity index (χ2v) is 6.01. The molecule has 0 aromatic carbocycles. The second-order valence-electron chi connectivity index (χ2n) is 3.64. The van der Waals surface area contributed by atoms with Gasteiger partial charge in [-0.05, 0) is 15.9 Å². The SMILES string of the molecule is COc1cc(C(=O)NC(CC(F)(F)F)C(=O)O)sc1Br. The number of carboxylic acids is 1. The van der Waals surface area contributed by atoms with Crippen molar-refractivity contribution in [3.8, 4) is 5.75 Å². The lowest BCUT2D eigenvalue weighted by atomic mass is 10.2. The Morgan fingerprint density at radius 3 is 2.55 bits per heavy atom. The summed E-state index contributed by atoms with van der Waals surface area (Å²) in [5, 5.41) is 10.5. The van der Waals surface area contributed by atoms with Crippen molar-refractivity contribution in [1.82, 2.24) is 5.32 Å². The molecule has 2 N–H and O–H groups in total. The molecule has 0 radical (unpaired) electrons. The fourth-order valence-electron chi connectivity index (χ4n) is 1.26. The van der Waals surface area contributed by atoms with Gasteiger partial charge in [-0.1, -0.05) is 0 Å². The largest absolute Gasteiger partial charge is 0.495 e. The van der Waals surface area contributed by atoms with E-state index in [4.69, 9.17) is 9.84 Å². The fourth-order valence-corrected chi connectivity index (χ4v) is 2.82. The molecule has 20 heavy (non-hydrogen) atoms. The number of rotatable bonds is 5. The van der Waals surface area contributed by atoms with Crippen molar-refractivity contribution in [1.29, 1.82) is 0 Å². The smallest absolute Gasteiger partial charge is 0.391 e. The van der Waals surface area contributed by atoms with Gasteiger partial charge in [0, 0.05) is 6.07 Å². The molecule has 0 spiro atoms. The molecular formula is C10H9BrF3NO4S. The third-order valence-electron chi connectivity index (χ3n) is 2.14. The van der Waals surface area contributed by atoms with E-state index in [1.165, 1.54) is 13.2 Å². The van der Waals surface area contributed by atoms with Crippen molar-refractivity contribution in [3.63, 3.8) is 0 Å². The highest BCUT2D eigenvalue weighted by molar-refractivity contribution is 9.11. The summed E-state index contributed by atoms with van der Waals surface area (Å²) < 4.78 is 42.0. The summed E-state index contributed by atoms with van der Waals surface area (Å²) in [6, 6.07) is -0.731. The Kier molecular flexibility index (Phi) is 5.40. The van der Waals surface area contributed by atoms with E-state index in [9.17, 15) is 22.8 Å². The van der Waals surface area contributed by atoms with E-state index in [0.29, 0.717) is 9.54 Å². The van der Waals surface area contributed by atoms with Gasteiger partial charge < -0.3 is 15.2 Å². The molecule has 0 saturated heterocycles. The summed E-state index contributed by atoms with van der Waals surface area (Å²) >= 11 is 4.03. The van der Waals surface area contributed by atoms with Crippen LogP contribution in [0.25, 0.3) is 0 Å². The maximum atomic E-state index is 12.2. The standard InChI is InChI=1S/C10H9BrF3NO4S/c1-19-5-2-6(20-7(5)11)8(16)15-4(9(17)18)3-10(12,13)14/h2,4H,3H2,1H3,(H,15,16)(H,17,18). The molecule has 1 aromatic rings. The van der Waals surface area contributed by atoms with Crippen molar-refractivity contribution in [2.24, 2.45) is 0 Å². The number of carbonyl (C=O) groups is 2. The van der Waals surface area contributed by atoms with Crippen LogP contribution in [-0.2, 0) is 4.79 Å². The van der Waals surface area contributed by atoms with E-state index in [1.54, 1.807) is 0 Å². The van der Waals surface area contributed by atoms with E-state index >= 15 is 0 Å². The zero-order valence-electron chi connectivity index (χ0n) is 9.95. The quantitative estimate of drug-likeness (QED) is 0.829. The van der Waals surface area contributed by atoms with Crippen molar-refractivity contribution < 1.29 is 32.6 Å². The lowest BCUT2D eigenvalue weighted by Crippen LogP contribution is -2.43. The van der Waals surface area contributed by atoms with Crippen LogP contribution in [0.5, 0.6) is 5.75 Å². The van der Waals surface area contributed by atoms with Gasteiger partial charge in [0.15, 0.2) is 0 Å². The van der Waals surface area contributed by atoms with Crippen molar-refractivity contribution in [2.45, 2.75) is 18.6 Å². The minimum atomic E-state index is -4.69. The number of carboxylic acid groups (broad SMARTS) is 1. The number of hydrogen-bond donors (Lipinski definition) is 2. The third kappa shape index (κ3) is 4.67. The Morgan fingerprint density at radius 2 is 2.15 bits per heavy atom. The van der Waals surface area contributed by atoms with Crippen LogP contribution in [0.3, 0.4) is 0 Å². The number of nitrogens with one attached hydrogen (secondary N) is 1. The van der Waals surface area contributed by atoms with Crippen LogP contribution >= 0.6 is 27.3 Å². The lowest BCUT2D eigenvalue weighted by molar-refractivity contribution is -0.157. The van der Waals surface area contributed by atoms with Gasteiger partial charge in [0.05, 0.1) is 18.4 Å². The highest BCUT2D eigenvalue weighted by Crippen LogP contribution is 2.34. The van der Waals surface area contributed by atoms with E-state index < -0.39 is 30.5 Å². The Labute approximate surface area is 123 Å². The highest BCUT2D eigenvalue weighted by atomic mass is 79.9. The van der Waals surface area contributed by atoms with Crippen LogP contribution in [0.4, 0.5) is 13.2 Å². The maximum Gasteiger partial charge on any atom is 0.391 e. The van der Waals surface area contributed by atoms with E-state index in [-0.39, 0.29) is 4.88 Å². The number of halogens is 4. The predicted molar refractivity (Wildman–Crippen MR) is 68.1 cm³/mol. The minimum absolute atomic E-state index is 0.0437. The fraction of sp³-hybridized carbons (Fsp3) is 0.400. The summed E-state index contributed by atoms with van der Waals surface area (Å²) in [6.45, 7) is 0. The van der Waals surface area contributed by atoms with Gasteiger partial charge in [-0.15, -0.1) is 11.3 Å². The van der Waals surface area contributed by atoms with Gasteiger partial charge >= 0.3 is 12.1 Å². The number of carbonyl (C=O) groups excluding carboxylic acids is 1. The molecule has 1 amide bonds. The van der Waals surface area contributed by atoms with Gasteiger partial charge in [-0.3, -0.25) is 4.79 Å². The van der Waals surface area contributed by atoms with Crippen molar-refractivity contribution in [2.75, 3.05) is 7.11 Å². The molecule has 0 fully saturated rings. The zero-order valence-corrected chi connectivity index (χ0v) is 12.4. The topological polar surface area (TPSA) is 75.6 Å². The first-order valence-corrected chi connectivity index (χ1v) is 6.68. The summed E-state index contributed by atoms with van der Waals surface area (Å²) in [5.74, 6) is -2.32. The van der Waals surface area contributed by atoms with E-state index in [0.717, 1.165) is 11.3 Å². The molecule has 0 saturated carbocycles. The first kappa shape index (κ1) is 16.8. The molecule has 0 aliphatic rings. The normalized spacial score (nSPS) is 12.8. The predicted octanol–water partition coefficient (Wildman–Crippen LogP) is 2.65. The Morgan fingerprint density at radius 1 is 1.55 bits per heavy atom. The van der Waals surface area contributed by atoms with Gasteiger partial charge in [-0.2, -0.15) is 13.2 Å². The van der Waals surface area contributed by atoms with Crippen molar-refractivity contribution >= 4 is 39.1 Å². The molecule has 0 aliphatic carbocycles. The number of alkyl halides is 3. The Bertz CT molecular complexity index is 517. The number of methoxy groups -OCH3 is 1. The molecule has 1 heterocycles. The Hall–Kier alpha value is -1.29. The summed E-state index contributed by atoms with van der Waals surface area (Å²) in [5.41, 5.74) is 0. The van der Waals surface area contributed by atoms with Crippen LogP contribution in [-0.4, -0.2) is 36.3 Å². The molecular weight excluding hydrogens is 367 g/mol. The Balaban J connectivity index is 2.82. The molecule has 1 aromatic heterocycles. The summed E-state index contributed by atoms with van der Waals surface area (Å²) in [7, 11) is 1.36. The summed E-state index contributed by atoms with van der Waals surface area (Å²) in [4.78, 5) is 22.5. The van der Waals surface area contributed by atoms with Crippen LogP contribution in [0.2, 0.25) is 0 Å². The number of aliphatic carboxylic acids is 1. The van der Waals surface area contributed by atoms with Crippen molar-refractivity contribution in [3.05, 3.63) is 14.7 Å². The first-order chi connectivity index (χ1) is 9.14. The average molecular weight is 376 g/mol. The molecule has 1 rings (SSSR count).